The SMILES string of the molecule is Cc1nnc(NC(=O)c2cccc(C3CC3NC3CCC3)c2)s1.O=C(O)/C=C/C(=O)O. The summed E-state index contributed by atoms with van der Waals surface area (Å²) >= 11 is 1.39. The molecule has 31 heavy (non-hydrogen) atoms. The van der Waals surface area contributed by atoms with Gasteiger partial charge in [-0.3, -0.25) is 10.1 Å². The predicted molar refractivity (Wildman–Crippen MR) is 115 cm³/mol. The van der Waals surface area contributed by atoms with E-state index in [-0.39, 0.29) is 5.91 Å². The second kappa shape index (κ2) is 10.3. The number of nitrogens with one attached hydrogen (secondary N) is 2. The molecule has 1 aromatic heterocycles. The molecule has 0 saturated heterocycles. The summed E-state index contributed by atoms with van der Waals surface area (Å²) in [6, 6.07) is 9.26. The highest BCUT2D eigenvalue weighted by Crippen LogP contribution is 2.42. The topological polar surface area (TPSA) is 142 Å². The van der Waals surface area contributed by atoms with Crippen molar-refractivity contribution < 1.29 is 24.6 Å². The van der Waals surface area contributed by atoms with Gasteiger partial charge >= 0.3 is 11.9 Å². The Morgan fingerprint density at radius 2 is 1.84 bits per heavy atom. The molecule has 2 aromatic rings. The molecule has 0 aliphatic heterocycles. The highest BCUT2D eigenvalue weighted by molar-refractivity contribution is 7.15. The molecule has 164 valence electrons. The van der Waals surface area contributed by atoms with Crippen molar-refractivity contribution in [2.24, 2.45) is 0 Å². The number of carbonyl (C=O) groups is 3. The molecule has 1 heterocycles. The second-order valence-electron chi connectivity index (χ2n) is 7.46. The Labute approximate surface area is 183 Å². The van der Waals surface area contributed by atoms with Crippen molar-refractivity contribution in [2.75, 3.05) is 5.32 Å². The van der Waals surface area contributed by atoms with E-state index in [0.29, 0.717) is 34.8 Å². The number of carboxylic acid groups (broad SMARTS) is 2. The number of nitrogens with zero attached hydrogens (tertiary/aromatic N) is 2. The van der Waals surface area contributed by atoms with Gasteiger partial charge in [-0.05, 0) is 43.9 Å². The van der Waals surface area contributed by atoms with Crippen LogP contribution in [-0.2, 0) is 9.59 Å². The van der Waals surface area contributed by atoms with E-state index in [1.807, 2.05) is 25.1 Å². The summed E-state index contributed by atoms with van der Waals surface area (Å²) in [7, 11) is 0. The van der Waals surface area contributed by atoms with E-state index in [1.54, 1.807) is 0 Å². The number of anilines is 1. The number of aliphatic carboxylic acids is 2. The molecule has 2 atom stereocenters. The van der Waals surface area contributed by atoms with E-state index in [1.165, 1.54) is 42.6 Å². The van der Waals surface area contributed by atoms with Crippen LogP contribution in [0.25, 0.3) is 0 Å². The lowest BCUT2D eigenvalue weighted by molar-refractivity contribution is -0.134. The zero-order valence-corrected chi connectivity index (χ0v) is 17.8. The normalized spacial score (nSPS) is 19.8. The highest BCUT2D eigenvalue weighted by atomic mass is 32.1. The maximum atomic E-state index is 12.3. The van der Waals surface area contributed by atoms with Gasteiger partial charge in [0.15, 0.2) is 0 Å². The quantitative estimate of drug-likeness (QED) is 0.478. The van der Waals surface area contributed by atoms with Gasteiger partial charge in [0.05, 0.1) is 0 Å². The fraction of sp³-hybridized carbons (Fsp3) is 0.381. The summed E-state index contributed by atoms with van der Waals surface area (Å²) in [5.74, 6) is -2.08. The van der Waals surface area contributed by atoms with Crippen LogP contribution in [0, 0.1) is 6.92 Å². The third-order valence-electron chi connectivity index (χ3n) is 5.04. The van der Waals surface area contributed by atoms with Crippen molar-refractivity contribution in [3.05, 3.63) is 52.6 Å². The number of amides is 1. The first-order chi connectivity index (χ1) is 14.8. The summed E-state index contributed by atoms with van der Waals surface area (Å²) in [5.41, 5.74) is 1.94. The number of carboxylic acids is 2. The molecule has 2 unspecified atom stereocenters. The molecule has 0 radical (unpaired) electrons. The molecule has 4 N–H and O–H groups in total. The summed E-state index contributed by atoms with van der Waals surface area (Å²) in [4.78, 5) is 31.5. The average Bonchev–Trinajstić information content (AvgIpc) is 3.36. The van der Waals surface area contributed by atoms with Crippen LogP contribution in [0.3, 0.4) is 0 Å². The molecule has 1 aromatic carbocycles. The smallest absolute Gasteiger partial charge is 0.328 e. The van der Waals surface area contributed by atoms with Crippen LogP contribution in [0.15, 0.2) is 36.4 Å². The maximum Gasteiger partial charge on any atom is 0.328 e. The van der Waals surface area contributed by atoms with Gasteiger partial charge in [0.2, 0.25) is 5.13 Å². The number of rotatable bonds is 7. The number of carbonyl (C=O) groups excluding carboxylic acids is 1. The largest absolute Gasteiger partial charge is 0.478 e. The van der Waals surface area contributed by atoms with Crippen LogP contribution in [-0.4, -0.2) is 50.3 Å². The second-order valence-corrected chi connectivity index (χ2v) is 8.64. The summed E-state index contributed by atoms with van der Waals surface area (Å²) in [6.07, 6.45) is 6.28. The van der Waals surface area contributed by atoms with Gasteiger partial charge in [-0.1, -0.05) is 29.9 Å². The third kappa shape index (κ3) is 6.97. The molecular formula is C21H24N4O5S. The average molecular weight is 445 g/mol. The molecule has 2 aliphatic carbocycles. The lowest BCUT2D eigenvalue weighted by Crippen LogP contribution is -2.37. The lowest BCUT2D eigenvalue weighted by atomic mass is 9.93. The van der Waals surface area contributed by atoms with E-state index in [4.69, 9.17) is 10.2 Å². The highest BCUT2D eigenvalue weighted by Gasteiger charge is 2.40. The van der Waals surface area contributed by atoms with Crippen molar-refractivity contribution >= 4 is 34.3 Å². The van der Waals surface area contributed by atoms with E-state index >= 15 is 0 Å². The minimum atomic E-state index is -1.26. The number of aromatic nitrogens is 2. The molecular weight excluding hydrogens is 420 g/mol. The Hall–Kier alpha value is -3.11. The summed E-state index contributed by atoms with van der Waals surface area (Å²) < 4.78 is 0. The predicted octanol–water partition coefficient (Wildman–Crippen LogP) is 2.81. The monoisotopic (exact) mass is 444 g/mol. The zero-order valence-electron chi connectivity index (χ0n) is 16.9. The van der Waals surface area contributed by atoms with Gasteiger partial charge < -0.3 is 15.5 Å². The number of aryl methyl sites for hydroxylation is 1. The van der Waals surface area contributed by atoms with Crippen LogP contribution in [0.4, 0.5) is 5.13 Å². The molecule has 2 aliphatic rings. The van der Waals surface area contributed by atoms with E-state index < -0.39 is 11.9 Å². The van der Waals surface area contributed by atoms with Gasteiger partial charge in [0.1, 0.15) is 5.01 Å². The standard InChI is InChI=1S/C17H20N4OS.C4H4O4/c1-10-20-21-17(23-10)19-16(22)12-5-2-4-11(8-12)14-9-15(14)18-13-6-3-7-13;5-3(6)1-2-4(7)8/h2,4-5,8,13-15,18H,3,6-7,9H2,1H3,(H,19,21,22);1-2H,(H,5,6)(H,7,8)/b;2-1+. The van der Waals surface area contributed by atoms with Gasteiger partial charge in [-0.2, -0.15) is 0 Å². The number of hydrogen-bond donors (Lipinski definition) is 4. The first-order valence-electron chi connectivity index (χ1n) is 9.93. The molecule has 2 fully saturated rings. The van der Waals surface area contributed by atoms with E-state index in [9.17, 15) is 14.4 Å². The molecule has 10 heteroatoms. The van der Waals surface area contributed by atoms with Crippen molar-refractivity contribution in [3.63, 3.8) is 0 Å². The Kier molecular flexibility index (Phi) is 7.48. The maximum absolute atomic E-state index is 12.3. The van der Waals surface area contributed by atoms with E-state index in [2.05, 4.69) is 26.9 Å². The molecule has 0 bridgehead atoms. The minimum absolute atomic E-state index is 0.118. The first kappa shape index (κ1) is 22.6. The Morgan fingerprint density at radius 3 is 2.39 bits per heavy atom. The Morgan fingerprint density at radius 1 is 1.13 bits per heavy atom. The third-order valence-corrected chi connectivity index (χ3v) is 5.79. The number of benzene rings is 1. The van der Waals surface area contributed by atoms with Crippen LogP contribution < -0.4 is 10.6 Å². The number of hydrogen-bond acceptors (Lipinski definition) is 7. The van der Waals surface area contributed by atoms with Gasteiger partial charge in [-0.15, -0.1) is 10.2 Å². The van der Waals surface area contributed by atoms with Crippen molar-refractivity contribution in [2.45, 2.75) is 50.6 Å². The van der Waals surface area contributed by atoms with Crippen molar-refractivity contribution in [1.29, 1.82) is 0 Å². The molecule has 0 spiro atoms. The van der Waals surface area contributed by atoms with Gasteiger partial charge in [0.25, 0.3) is 5.91 Å². The molecule has 4 rings (SSSR count). The van der Waals surface area contributed by atoms with Crippen LogP contribution in [0.5, 0.6) is 0 Å². The molecule has 1 amide bonds. The van der Waals surface area contributed by atoms with Crippen LogP contribution in [0.1, 0.15) is 52.5 Å². The van der Waals surface area contributed by atoms with Crippen LogP contribution >= 0.6 is 11.3 Å². The van der Waals surface area contributed by atoms with Gasteiger partial charge in [0, 0.05) is 35.7 Å². The fourth-order valence-electron chi connectivity index (χ4n) is 3.19. The van der Waals surface area contributed by atoms with Crippen molar-refractivity contribution in [1.82, 2.24) is 15.5 Å². The Balaban J connectivity index is 0.000000293. The fourth-order valence-corrected chi connectivity index (χ4v) is 3.78. The van der Waals surface area contributed by atoms with E-state index in [0.717, 1.165) is 11.0 Å². The molecule has 9 nitrogen and oxygen atoms in total. The molecule has 2 saturated carbocycles. The lowest BCUT2D eigenvalue weighted by Gasteiger charge is -2.26. The van der Waals surface area contributed by atoms with Crippen LogP contribution in [0.2, 0.25) is 0 Å². The van der Waals surface area contributed by atoms with Crippen molar-refractivity contribution in [3.8, 4) is 0 Å². The first-order valence-corrected chi connectivity index (χ1v) is 10.7. The Bertz CT molecular complexity index is 970. The minimum Gasteiger partial charge on any atom is -0.478 e. The zero-order chi connectivity index (χ0) is 22.4. The summed E-state index contributed by atoms with van der Waals surface area (Å²) in [6.45, 7) is 1.87. The van der Waals surface area contributed by atoms with Gasteiger partial charge in [-0.25, -0.2) is 9.59 Å². The summed E-state index contributed by atoms with van der Waals surface area (Å²) in [5, 5.41) is 31.4.